The van der Waals surface area contributed by atoms with Crippen LogP contribution in [-0.2, 0) is 0 Å². The Balaban J connectivity index is 2.01. The molecular formula is C15H26N4. The Morgan fingerprint density at radius 2 is 1.89 bits per heavy atom. The fourth-order valence-corrected chi connectivity index (χ4v) is 2.85. The largest absolute Gasteiger partial charge is 0.356 e. The number of nitrogens with zero attached hydrogens (tertiary/aromatic N) is 3. The molecule has 1 aromatic rings. The van der Waals surface area contributed by atoms with E-state index in [2.05, 4.69) is 27.2 Å². The van der Waals surface area contributed by atoms with Crippen LogP contribution in [0.25, 0.3) is 0 Å². The number of hydrogen-bond acceptors (Lipinski definition) is 4. The summed E-state index contributed by atoms with van der Waals surface area (Å²) in [5.74, 6) is 1.52. The molecule has 0 amide bonds. The molecule has 2 N–H and O–H groups in total. The molecule has 0 saturated heterocycles. The third kappa shape index (κ3) is 4.16. The molecule has 1 fully saturated rings. The Bertz CT molecular complexity index is 388. The highest BCUT2D eigenvalue weighted by atomic mass is 15.3. The monoisotopic (exact) mass is 262 g/mol. The summed E-state index contributed by atoms with van der Waals surface area (Å²) < 4.78 is 0. The molecule has 0 atom stereocenters. The zero-order valence-electron chi connectivity index (χ0n) is 12.4. The maximum absolute atomic E-state index is 6.03. The fourth-order valence-electron chi connectivity index (χ4n) is 2.85. The Hall–Kier alpha value is -1.16. The van der Waals surface area contributed by atoms with Gasteiger partial charge in [-0.25, -0.2) is 0 Å². The first-order valence-corrected chi connectivity index (χ1v) is 7.29. The van der Waals surface area contributed by atoms with E-state index in [4.69, 9.17) is 5.73 Å². The van der Waals surface area contributed by atoms with Gasteiger partial charge in [0.1, 0.15) is 0 Å². The minimum absolute atomic E-state index is 0.224. The van der Waals surface area contributed by atoms with Crippen LogP contribution < -0.4 is 10.6 Å². The van der Waals surface area contributed by atoms with E-state index in [-0.39, 0.29) is 5.54 Å². The average molecular weight is 262 g/mol. The zero-order valence-corrected chi connectivity index (χ0v) is 12.4. The van der Waals surface area contributed by atoms with Crippen molar-refractivity contribution >= 4 is 5.82 Å². The van der Waals surface area contributed by atoms with Crippen LogP contribution in [0.4, 0.5) is 5.82 Å². The predicted molar refractivity (Wildman–Crippen MR) is 79.4 cm³/mol. The topological polar surface area (TPSA) is 55.0 Å². The summed E-state index contributed by atoms with van der Waals surface area (Å²) in [6.07, 6.45) is 6.56. The lowest BCUT2D eigenvalue weighted by atomic mass is 9.87. The quantitative estimate of drug-likeness (QED) is 0.906. The van der Waals surface area contributed by atoms with Crippen molar-refractivity contribution in [1.29, 1.82) is 0 Å². The second-order valence-corrected chi connectivity index (χ2v) is 6.50. The van der Waals surface area contributed by atoms with Crippen molar-refractivity contribution in [3.8, 4) is 0 Å². The van der Waals surface area contributed by atoms with Gasteiger partial charge in [0.2, 0.25) is 0 Å². The van der Waals surface area contributed by atoms with E-state index >= 15 is 0 Å². The Kier molecular flexibility index (Phi) is 4.40. The Labute approximate surface area is 116 Å². The smallest absolute Gasteiger partial charge is 0.151 e. The van der Waals surface area contributed by atoms with Crippen LogP contribution >= 0.6 is 0 Å². The van der Waals surface area contributed by atoms with Crippen molar-refractivity contribution in [3.63, 3.8) is 0 Å². The predicted octanol–water partition coefficient (Wildman–Crippen LogP) is 2.70. The Morgan fingerprint density at radius 3 is 2.42 bits per heavy atom. The van der Waals surface area contributed by atoms with Crippen LogP contribution in [0, 0.1) is 0 Å². The van der Waals surface area contributed by atoms with Gasteiger partial charge in [0.25, 0.3) is 0 Å². The first-order valence-electron chi connectivity index (χ1n) is 7.29. The molecule has 2 rings (SSSR count). The van der Waals surface area contributed by atoms with E-state index in [1.807, 2.05) is 20.9 Å². The molecular weight excluding hydrogens is 236 g/mol. The molecule has 1 saturated carbocycles. The summed E-state index contributed by atoms with van der Waals surface area (Å²) in [7, 11) is 2.01. The van der Waals surface area contributed by atoms with E-state index < -0.39 is 0 Å². The molecule has 4 heteroatoms. The molecule has 0 radical (unpaired) electrons. The van der Waals surface area contributed by atoms with Crippen molar-refractivity contribution in [2.75, 3.05) is 18.5 Å². The molecule has 0 spiro atoms. The van der Waals surface area contributed by atoms with Crippen LogP contribution in [0.2, 0.25) is 0 Å². The molecule has 1 aliphatic rings. The molecule has 0 aliphatic heterocycles. The third-order valence-electron chi connectivity index (χ3n) is 3.73. The molecule has 0 aromatic carbocycles. The van der Waals surface area contributed by atoms with Gasteiger partial charge in [-0.15, -0.1) is 5.10 Å². The van der Waals surface area contributed by atoms with E-state index in [9.17, 15) is 0 Å². The minimum Gasteiger partial charge on any atom is -0.356 e. The third-order valence-corrected chi connectivity index (χ3v) is 3.73. The zero-order chi connectivity index (χ0) is 13.9. The van der Waals surface area contributed by atoms with Crippen molar-refractivity contribution in [2.24, 2.45) is 5.73 Å². The highest BCUT2D eigenvalue weighted by Crippen LogP contribution is 2.31. The number of hydrogen-bond donors (Lipinski definition) is 1. The van der Waals surface area contributed by atoms with E-state index in [1.165, 1.54) is 32.1 Å². The number of nitrogens with two attached hydrogens (primary N) is 1. The van der Waals surface area contributed by atoms with Gasteiger partial charge in [0.05, 0.1) is 5.69 Å². The summed E-state index contributed by atoms with van der Waals surface area (Å²) in [5.41, 5.74) is 6.96. The maximum Gasteiger partial charge on any atom is 0.151 e. The van der Waals surface area contributed by atoms with Crippen molar-refractivity contribution in [1.82, 2.24) is 10.2 Å². The molecule has 1 aromatic heterocycles. The normalized spacial score (nSPS) is 17.5. The summed E-state index contributed by atoms with van der Waals surface area (Å²) in [4.78, 5) is 2.07. The van der Waals surface area contributed by atoms with Crippen LogP contribution in [-0.4, -0.2) is 29.3 Å². The SMILES string of the molecule is CN(CC(C)(C)N)c1ccc(C2CCCCC2)nn1. The van der Waals surface area contributed by atoms with Gasteiger partial charge in [-0.2, -0.15) is 5.10 Å². The first kappa shape index (κ1) is 14.3. The average Bonchev–Trinajstić information content (AvgIpc) is 2.38. The lowest BCUT2D eigenvalue weighted by molar-refractivity contribution is 0.433. The van der Waals surface area contributed by atoms with Crippen LogP contribution in [0.1, 0.15) is 57.6 Å². The number of likely N-dealkylation sites (N-methyl/N-ethyl adjacent to an activating group) is 1. The number of rotatable bonds is 4. The fraction of sp³-hybridized carbons (Fsp3) is 0.733. The van der Waals surface area contributed by atoms with E-state index in [0.717, 1.165) is 18.1 Å². The summed E-state index contributed by atoms with van der Waals surface area (Å²) in [6, 6.07) is 4.21. The number of aromatic nitrogens is 2. The minimum atomic E-state index is -0.224. The first-order chi connectivity index (χ1) is 8.96. The number of anilines is 1. The van der Waals surface area contributed by atoms with Crippen LogP contribution in [0.3, 0.4) is 0 Å². The van der Waals surface area contributed by atoms with Crippen molar-refractivity contribution in [3.05, 3.63) is 17.8 Å². The molecule has 1 aliphatic carbocycles. The molecule has 1 heterocycles. The summed E-state index contributed by atoms with van der Waals surface area (Å²) in [6.45, 7) is 4.81. The Morgan fingerprint density at radius 1 is 1.21 bits per heavy atom. The molecule has 4 nitrogen and oxygen atoms in total. The van der Waals surface area contributed by atoms with Crippen LogP contribution in [0.5, 0.6) is 0 Å². The van der Waals surface area contributed by atoms with Gasteiger partial charge in [-0.3, -0.25) is 0 Å². The van der Waals surface area contributed by atoms with E-state index in [0.29, 0.717) is 5.92 Å². The lowest BCUT2D eigenvalue weighted by Gasteiger charge is -2.27. The van der Waals surface area contributed by atoms with Crippen molar-refractivity contribution in [2.45, 2.75) is 57.4 Å². The summed E-state index contributed by atoms with van der Waals surface area (Å²) >= 11 is 0. The molecule has 19 heavy (non-hydrogen) atoms. The second kappa shape index (κ2) is 5.87. The maximum atomic E-state index is 6.03. The molecule has 106 valence electrons. The highest BCUT2D eigenvalue weighted by Gasteiger charge is 2.18. The van der Waals surface area contributed by atoms with Gasteiger partial charge in [-0.05, 0) is 38.8 Å². The van der Waals surface area contributed by atoms with Gasteiger partial charge in [-0.1, -0.05) is 19.3 Å². The van der Waals surface area contributed by atoms with Gasteiger partial charge < -0.3 is 10.6 Å². The molecule has 0 bridgehead atoms. The van der Waals surface area contributed by atoms with Gasteiger partial charge >= 0.3 is 0 Å². The standard InChI is InChI=1S/C15H26N4/c1-15(2,16)11-19(3)14-10-9-13(17-18-14)12-7-5-4-6-8-12/h9-10,12H,4-8,11,16H2,1-3H3. The lowest BCUT2D eigenvalue weighted by Crippen LogP contribution is -2.44. The van der Waals surface area contributed by atoms with Gasteiger partial charge in [0, 0.05) is 25.0 Å². The van der Waals surface area contributed by atoms with E-state index in [1.54, 1.807) is 0 Å². The second-order valence-electron chi connectivity index (χ2n) is 6.50. The van der Waals surface area contributed by atoms with Gasteiger partial charge in [0.15, 0.2) is 5.82 Å². The highest BCUT2D eigenvalue weighted by molar-refractivity contribution is 5.37. The summed E-state index contributed by atoms with van der Waals surface area (Å²) in [5, 5.41) is 8.78. The molecule has 0 unspecified atom stereocenters. The van der Waals surface area contributed by atoms with Crippen LogP contribution in [0.15, 0.2) is 12.1 Å². The van der Waals surface area contributed by atoms with Crippen molar-refractivity contribution < 1.29 is 0 Å².